The van der Waals surface area contributed by atoms with Crippen molar-refractivity contribution < 1.29 is 32.2 Å². The SMILES string of the molecule is COC(CNC(=O)CCNC(=O)C(F)(F)F)OC. The van der Waals surface area contributed by atoms with Gasteiger partial charge in [0.15, 0.2) is 6.29 Å². The van der Waals surface area contributed by atoms with Gasteiger partial charge < -0.3 is 20.1 Å². The number of amides is 2. The average Bonchev–Trinajstić information content (AvgIpc) is 2.29. The van der Waals surface area contributed by atoms with E-state index in [1.54, 1.807) is 5.32 Å². The summed E-state index contributed by atoms with van der Waals surface area (Å²) in [5, 5.41) is 3.96. The number of ether oxygens (including phenoxy) is 2. The van der Waals surface area contributed by atoms with Gasteiger partial charge in [-0.2, -0.15) is 13.2 Å². The quantitative estimate of drug-likeness (QED) is 0.629. The van der Waals surface area contributed by atoms with E-state index in [1.807, 2.05) is 0 Å². The molecule has 0 aromatic rings. The van der Waals surface area contributed by atoms with E-state index in [9.17, 15) is 22.8 Å². The number of halogens is 3. The van der Waals surface area contributed by atoms with Crippen LogP contribution in [0.1, 0.15) is 6.42 Å². The molecular formula is C9H15F3N2O4. The van der Waals surface area contributed by atoms with Crippen molar-refractivity contribution in [3.63, 3.8) is 0 Å². The van der Waals surface area contributed by atoms with Crippen LogP contribution < -0.4 is 10.6 Å². The maximum atomic E-state index is 11.8. The summed E-state index contributed by atoms with van der Waals surface area (Å²) in [5.41, 5.74) is 0. The minimum absolute atomic E-state index is 0.0685. The molecule has 0 saturated heterocycles. The Bertz CT molecular complexity index is 279. The largest absolute Gasteiger partial charge is 0.471 e. The van der Waals surface area contributed by atoms with Crippen molar-refractivity contribution in [2.75, 3.05) is 27.3 Å². The number of carbonyl (C=O) groups excluding carboxylic acids is 2. The van der Waals surface area contributed by atoms with Gasteiger partial charge in [0.25, 0.3) is 0 Å². The molecular weight excluding hydrogens is 257 g/mol. The molecule has 106 valence electrons. The number of hydrogen-bond donors (Lipinski definition) is 2. The molecule has 0 fully saturated rings. The van der Waals surface area contributed by atoms with Gasteiger partial charge >= 0.3 is 12.1 Å². The van der Waals surface area contributed by atoms with Gasteiger partial charge in [0, 0.05) is 27.2 Å². The molecule has 0 heterocycles. The van der Waals surface area contributed by atoms with Crippen LogP contribution in [0, 0.1) is 0 Å². The third-order valence-electron chi connectivity index (χ3n) is 1.89. The third kappa shape index (κ3) is 7.07. The molecule has 0 spiro atoms. The van der Waals surface area contributed by atoms with Crippen molar-refractivity contribution in [1.82, 2.24) is 10.6 Å². The zero-order valence-electron chi connectivity index (χ0n) is 9.97. The minimum Gasteiger partial charge on any atom is -0.354 e. The average molecular weight is 272 g/mol. The predicted octanol–water partition coefficient (Wildman–Crippen LogP) is -0.210. The number of rotatable bonds is 7. The van der Waals surface area contributed by atoms with Crippen LogP contribution in [0.3, 0.4) is 0 Å². The molecule has 0 radical (unpaired) electrons. The Balaban J connectivity index is 3.75. The Labute approximate surface area is 102 Å². The molecule has 0 aliphatic carbocycles. The molecule has 18 heavy (non-hydrogen) atoms. The first kappa shape index (κ1) is 16.6. The van der Waals surface area contributed by atoms with Crippen LogP contribution in [0.25, 0.3) is 0 Å². The zero-order valence-corrected chi connectivity index (χ0v) is 9.97. The van der Waals surface area contributed by atoms with Crippen molar-refractivity contribution in [3.8, 4) is 0 Å². The van der Waals surface area contributed by atoms with E-state index in [1.165, 1.54) is 14.2 Å². The summed E-state index contributed by atoms with van der Waals surface area (Å²) in [6, 6.07) is 0. The van der Waals surface area contributed by atoms with Crippen LogP contribution in [-0.4, -0.2) is 51.6 Å². The van der Waals surface area contributed by atoms with E-state index in [2.05, 4.69) is 5.32 Å². The molecule has 2 N–H and O–H groups in total. The molecule has 0 aromatic carbocycles. The van der Waals surface area contributed by atoms with Gasteiger partial charge in [0.1, 0.15) is 0 Å². The fourth-order valence-corrected chi connectivity index (χ4v) is 0.938. The number of carbonyl (C=O) groups is 2. The van der Waals surface area contributed by atoms with Crippen LogP contribution in [0.5, 0.6) is 0 Å². The molecule has 2 amide bonds. The maximum absolute atomic E-state index is 11.8. The van der Waals surface area contributed by atoms with Crippen molar-refractivity contribution >= 4 is 11.8 Å². The van der Waals surface area contributed by atoms with Gasteiger partial charge in [-0.05, 0) is 0 Å². The second kappa shape index (κ2) is 7.88. The lowest BCUT2D eigenvalue weighted by atomic mass is 10.4. The molecule has 9 heteroatoms. The minimum atomic E-state index is -4.94. The summed E-state index contributed by atoms with van der Waals surface area (Å²) < 4.78 is 44.9. The smallest absolute Gasteiger partial charge is 0.354 e. The fourth-order valence-electron chi connectivity index (χ4n) is 0.938. The summed E-state index contributed by atoms with van der Waals surface area (Å²) in [5.74, 6) is -2.58. The summed E-state index contributed by atoms with van der Waals surface area (Å²) in [6.45, 7) is -0.326. The van der Waals surface area contributed by atoms with E-state index in [0.717, 1.165) is 0 Å². The summed E-state index contributed by atoms with van der Waals surface area (Å²) in [4.78, 5) is 21.6. The van der Waals surface area contributed by atoms with Crippen LogP contribution in [0.4, 0.5) is 13.2 Å². The first-order valence-corrected chi connectivity index (χ1v) is 4.98. The van der Waals surface area contributed by atoms with Gasteiger partial charge in [0.2, 0.25) is 5.91 Å². The number of nitrogens with one attached hydrogen (secondary N) is 2. The van der Waals surface area contributed by atoms with Crippen molar-refractivity contribution in [1.29, 1.82) is 0 Å². The van der Waals surface area contributed by atoms with Gasteiger partial charge in [-0.1, -0.05) is 0 Å². The van der Waals surface area contributed by atoms with Gasteiger partial charge in [-0.25, -0.2) is 0 Å². The summed E-state index contributed by atoms with van der Waals surface area (Å²) in [7, 11) is 2.76. The number of methoxy groups -OCH3 is 2. The Morgan fingerprint density at radius 1 is 1.17 bits per heavy atom. The molecule has 0 aromatic heterocycles. The van der Waals surface area contributed by atoms with E-state index in [-0.39, 0.29) is 13.0 Å². The number of alkyl halides is 3. The van der Waals surface area contributed by atoms with Crippen LogP contribution in [-0.2, 0) is 19.1 Å². The second-order valence-corrected chi connectivity index (χ2v) is 3.21. The van der Waals surface area contributed by atoms with E-state index in [4.69, 9.17) is 9.47 Å². The zero-order chi connectivity index (χ0) is 14.2. The number of hydrogen-bond acceptors (Lipinski definition) is 4. The topological polar surface area (TPSA) is 76.7 Å². The molecule has 0 saturated carbocycles. The third-order valence-corrected chi connectivity index (χ3v) is 1.89. The monoisotopic (exact) mass is 272 g/mol. The van der Waals surface area contributed by atoms with Crippen molar-refractivity contribution in [2.24, 2.45) is 0 Å². The molecule has 6 nitrogen and oxygen atoms in total. The summed E-state index contributed by atoms with van der Waals surface area (Å²) in [6.07, 6.45) is -5.82. The Morgan fingerprint density at radius 2 is 1.72 bits per heavy atom. The lowest BCUT2D eigenvalue weighted by Crippen LogP contribution is -2.40. The normalized spacial score (nSPS) is 11.4. The highest BCUT2D eigenvalue weighted by Gasteiger charge is 2.38. The first-order chi connectivity index (χ1) is 8.31. The Hall–Kier alpha value is -1.35. The van der Waals surface area contributed by atoms with E-state index in [0.29, 0.717) is 0 Å². The Kier molecular flexibility index (Phi) is 7.29. The summed E-state index contributed by atoms with van der Waals surface area (Å²) >= 11 is 0. The lowest BCUT2D eigenvalue weighted by Gasteiger charge is -2.14. The highest BCUT2D eigenvalue weighted by atomic mass is 19.4. The first-order valence-electron chi connectivity index (χ1n) is 4.98. The standard InChI is InChI=1S/C9H15F3N2O4/c1-17-7(18-2)5-14-6(15)3-4-13-8(16)9(10,11)12/h7H,3-5H2,1-2H3,(H,13,16)(H,14,15). The van der Waals surface area contributed by atoms with E-state index >= 15 is 0 Å². The van der Waals surface area contributed by atoms with Gasteiger partial charge in [-0.3, -0.25) is 9.59 Å². The molecule has 0 atom stereocenters. The highest BCUT2D eigenvalue weighted by Crippen LogP contribution is 2.13. The van der Waals surface area contributed by atoms with Crippen molar-refractivity contribution in [2.45, 2.75) is 18.9 Å². The lowest BCUT2D eigenvalue weighted by molar-refractivity contribution is -0.173. The molecule has 0 bridgehead atoms. The van der Waals surface area contributed by atoms with E-state index < -0.39 is 30.8 Å². The van der Waals surface area contributed by atoms with Gasteiger partial charge in [-0.15, -0.1) is 0 Å². The fraction of sp³-hybridized carbons (Fsp3) is 0.778. The van der Waals surface area contributed by atoms with Gasteiger partial charge in [0.05, 0.1) is 6.54 Å². The maximum Gasteiger partial charge on any atom is 0.471 e. The molecule has 0 rings (SSSR count). The molecule has 0 unspecified atom stereocenters. The highest BCUT2D eigenvalue weighted by molar-refractivity contribution is 5.82. The van der Waals surface area contributed by atoms with Crippen LogP contribution in [0.2, 0.25) is 0 Å². The van der Waals surface area contributed by atoms with Crippen molar-refractivity contribution in [3.05, 3.63) is 0 Å². The van der Waals surface area contributed by atoms with Crippen LogP contribution >= 0.6 is 0 Å². The molecule has 0 aliphatic rings. The second-order valence-electron chi connectivity index (χ2n) is 3.21. The van der Waals surface area contributed by atoms with Crippen LogP contribution in [0.15, 0.2) is 0 Å². The predicted molar refractivity (Wildman–Crippen MR) is 54.5 cm³/mol. The molecule has 0 aliphatic heterocycles. The Morgan fingerprint density at radius 3 is 2.17 bits per heavy atom.